The van der Waals surface area contributed by atoms with Crippen molar-refractivity contribution in [3.8, 4) is 6.07 Å². The maximum Gasteiger partial charge on any atom is 0.243 e. The zero-order chi connectivity index (χ0) is 15.2. The summed E-state index contributed by atoms with van der Waals surface area (Å²) in [5, 5.41) is 8.65. The standard InChI is InChI=1S/C13H17BrN2O3S/c1-11-10-12(4-5-13(11)14)20(17,18)16(7-3-6-15)8-9-19-2/h4-5,10H,3,7-9H2,1-2H3. The summed E-state index contributed by atoms with van der Waals surface area (Å²) in [5.41, 5.74) is 0.845. The molecule has 0 N–H and O–H groups in total. The highest BCUT2D eigenvalue weighted by molar-refractivity contribution is 9.10. The SMILES string of the molecule is COCCN(CCC#N)S(=O)(=O)c1ccc(Br)c(C)c1. The summed E-state index contributed by atoms with van der Waals surface area (Å²) >= 11 is 3.35. The van der Waals surface area contributed by atoms with E-state index in [2.05, 4.69) is 15.9 Å². The first-order chi connectivity index (χ1) is 9.43. The fourth-order valence-electron chi connectivity index (χ4n) is 1.65. The van der Waals surface area contributed by atoms with Gasteiger partial charge < -0.3 is 4.74 Å². The average Bonchev–Trinajstić information content (AvgIpc) is 2.41. The number of nitrogens with zero attached hydrogens (tertiary/aromatic N) is 2. The second-order valence-corrected chi connectivity index (χ2v) is 7.01. The van der Waals surface area contributed by atoms with Gasteiger partial charge in [0.1, 0.15) is 0 Å². The number of aryl methyl sites for hydroxylation is 1. The summed E-state index contributed by atoms with van der Waals surface area (Å²) in [6.07, 6.45) is 0.151. The average molecular weight is 361 g/mol. The number of nitriles is 1. The van der Waals surface area contributed by atoms with Gasteiger partial charge in [-0.3, -0.25) is 0 Å². The zero-order valence-corrected chi connectivity index (χ0v) is 13.9. The van der Waals surface area contributed by atoms with Crippen LogP contribution >= 0.6 is 15.9 Å². The van der Waals surface area contributed by atoms with E-state index in [1.54, 1.807) is 18.2 Å². The monoisotopic (exact) mass is 360 g/mol. The lowest BCUT2D eigenvalue weighted by molar-refractivity contribution is 0.179. The minimum Gasteiger partial charge on any atom is -0.383 e. The Balaban J connectivity index is 3.07. The van der Waals surface area contributed by atoms with Gasteiger partial charge in [0, 0.05) is 31.1 Å². The Hall–Kier alpha value is -0.940. The summed E-state index contributed by atoms with van der Waals surface area (Å²) < 4.78 is 32.2. The van der Waals surface area contributed by atoms with Crippen molar-refractivity contribution < 1.29 is 13.2 Å². The molecule has 5 nitrogen and oxygen atoms in total. The molecule has 0 saturated carbocycles. The number of methoxy groups -OCH3 is 1. The van der Waals surface area contributed by atoms with Gasteiger partial charge in [-0.1, -0.05) is 15.9 Å². The van der Waals surface area contributed by atoms with Gasteiger partial charge in [-0.2, -0.15) is 9.57 Å². The highest BCUT2D eigenvalue weighted by Gasteiger charge is 2.24. The largest absolute Gasteiger partial charge is 0.383 e. The fourth-order valence-corrected chi connectivity index (χ4v) is 3.40. The van der Waals surface area contributed by atoms with E-state index >= 15 is 0 Å². The Morgan fingerprint density at radius 2 is 2.10 bits per heavy atom. The Morgan fingerprint density at radius 3 is 2.65 bits per heavy atom. The first kappa shape index (κ1) is 17.1. The molecule has 0 aliphatic carbocycles. The van der Waals surface area contributed by atoms with E-state index in [9.17, 15) is 8.42 Å². The minimum absolute atomic E-state index is 0.151. The molecule has 1 aromatic carbocycles. The molecule has 0 fully saturated rings. The molecule has 0 atom stereocenters. The van der Waals surface area contributed by atoms with Crippen molar-refractivity contribution in [2.75, 3.05) is 26.8 Å². The van der Waals surface area contributed by atoms with Gasteiger partial charge in [0.15, 0.2) is 0 Å². The van der Waals surface area contributed by atoms with Gasteiger partial charge in [0.2, 0.25) is 10.0 Å². The van der Waals surface area contributed by atoms with E-state index in [1.165, 1.54) is 11.4 Å². The molecule has 110 valence electrons. The van der Waals surface area contributed by atoms with Crippen molar-refractivity contribution in [3.63, 3.8) is 0 Å². The summed E-state index contributed by atoms with van der Waals surface area (Å²) in [6.45, 7) is 2.52. The molecule has 0 amide bonds. The molecule has 0 aromatic heterocycles. The van der Waals surface area contributed by atoms with Crippen molar-refractivity contribution >= 4 is 26.0 Å². The van der Waals surface area contributed by atoms with Crippen molar-refractivity contribution in [1.82, 2.24) is 4.31 Å². The Kier molecular flexibility index (Phi) is 6.62. The lowest BCUT2D eigenvalue weighted by Gasteiger charge is -2.21. The van der Waals surface area contributed by atoms with Crippen molar-refractivity contribution in [1.29, 1.82) is 5.26 Å². The predicted octanol–water partition coefficient (Wildman–Crippen LogP) is 2.31. The van der Waals surface area contributed by atoms with Gasteiger partial charge in [0.05, 0.1) is 17.6 Å². The molecule has 0 saturated heterocycles. The van der Waals surface area contributed by atoms with Gasteiger partial charge in [0.25, 0.3) is 0 Å². The van der Waals surface area contributed by atoms with E-state index in [1.807, 2.05) is 13.0 Å². The van der Waals surface area contributed by atoms with Crippen LogP contribution < -0.4 is 0 Å². The molecule has 0 spiro atoms. The predicted molar refractivity (Wildman–Crippen MR) is 79.7 cm³/mol. The van der Waals surface area contributed by atoms with Crippen molar-refractivity contribution in [2.45, 2.75) is 18.2 Å². The van der Waals surface area contributed by atoms with Gasteiger partial charge in [-0.15, -0.1) is 0 Å². The third kappa shape index (κ3) is 4.28. The number of ether oxygens (including phenoxy) is 1. The molecule has 1 rings (SSSR count). The smallest absolute Gasteiger partial charge is 0.243 e. The first-order valence-corrected chi connectivity index (χ1v) is 8.29. The number of hydrogen-bond acceptors (Lipinski definition) is 4. The van der Waals surface area contributed by atoms with Crippen LogP contribution in [0.25, 0.3) is 0 Å². The number of sulfonamides is 1. The third-order valence-electron chi connectivity index (χ3n) is 2.79. The molecular formula is C13H17BrN2O3S. The highest BCUT2D eigenvalue weighted by atomic mass is 79.9. The Labute approximate surface area is 128 Å². The highest BCUT2D eigenvalue weighted by Crippen LogP contribution is 2.22. The minimum atomic E-state index is -3.60. The Morgan fingerprint density at radius 1 is 1.40 bits per heavy atom. The van der Waals surface area contributed by atoms with E-state index < -0.39 is 10.0 Å². The van der Waals surface area contributed by atoms with Crippen LogP contribution in [-0.4, -0.2) is 39.5 Å². The van der Waals surface area contributed by atoms with Gasteiger partial charge >= 0.3 is 0 Å². The summed E-state index contributed by atoms with van der Waals surface area (Å²) in [4.78, 5) is 0.229. The quantitative estimate of drug-likeness (QED) is 0.747. The summed E-state index contributed by atoms with van der Waals surface area (Å²) in [5.74, 6) is 0. The van der Waals surface area contributed by atoms with Crippen LogP contribution in [0.3, 0.4) is 0 Å². The van der Waals surface area contributed by atoms with Crippen molar-refractivity contribution in [2.24, 2.45) is 0 Å². The van der Waals surface area contributed by atoms with Gasteiger partial charge in [-0.05, 0) is 30.7 Å². The molecule has 0 unspecified atom stereocenters. The van der Waals surface area contributed by atoms with Crippen LogP contribution in [0.4, 0.5) is 0 Å². The second kappa shape index (κ2) is 7.74. The van der Waals surface area contributed by atoms with Crippen molar-refractivity contribution in [3.05, 3.63) is 28.2 Å². The normalized spacial score (nSPS) is 11.6. The van der Waals surface area contributed by atoms with Crippen LogP contribution in [0.1, 0.15) is 12.0 Å². The number of hydrogen-bond donors (Lipinski definition) is 0. The summed E-state index contributed by atoms with van der Waals surface area (Å²) in [7, 11) is -2.09. The lowest BCUT2D eigenvalue weighted by Crippen LogP contribution is -2.34. The Bertz CT molecular complexity index is 596. The van der Waals surface area contributed by atoms with Crippen LogP contribution in [-0.2, 0) is 14.8 Å². The number of rotatable bonds is 7. The van der Waals surface area contributed by atoms with E-state index in [0.29, 0.717) is 6.61 Å². The molecule has 1 aromatic rings. The van der Waals surface area contributed by atoms with Crippen LogP contribution in [0.5, 0.6) is 0 Å². The summed E-state index contributed by atoms with van der Waals surface area (Å²) in [6, 6.07) is 6.84. The maximum atomic E-state index is 12.6. The second-order valence-electron chi connectivity index (χ2n) is 4.22. The van der Waals surface area contributed by atoms with Crippen LogP contribution in [0.15, 0.2) is 27.6 Å². The topological polar surface area (TPSA) is 70.4 Å². The molecular weight excluding hydrogens is 344 g/mol. The molecule has 0 aliphatic rings. The number of halogens is 1. The van der Waals surface area contributed by atoms with E-state index in [0.717, 1.165) is 10.0 Å². The molecule has 0 bridgehead atoms. The molecule has 20 heavy (non-hydrogen) atoms. The fraction of sp³-hybridized carbons (Fsp3) is 0.462. The van der Waals surface area contributed by atoms with Crippen LogP contribution in [0.2, 0.25) is 0 Å². The molecule has 0 radical (unpaired) electrons. The maximum absolute atomic E-state index is 12.6. The van der Waals surface area contributed by atoms with E-state index in [4.69, 9.17) is 10.00 Å². The van der Waals surface area contributed by atoms with Crippen LogP contribution in [0, 0.1) is 18.3 Å². The third-order valence-corrected chi connectivity index (χ3v) is 5.57. The molecule has 0 heterocycles. The molecule has 7 heteroatoms. The molecule has 0 aliphatic heterocycles. The van der Waals surface area contributed by atoms with Gasteiger partial charge in [-0.25, -0.2) is 8.42 Å². The first-order valence-electron chi connectivity index (χ1n) is 6.05. The lowest BCUT2D eigenvalue weighted by atomic mass is 10.2. The number of benzene rings is 1. The van der Waals surface area contributed by atoms with E-state index in [-0.39, 0.29) is 24.4 Å². The zero-order valence-electron chi connectivity index (χ0n) is 11.5.